The number of hydrogen-bond donors (Lipinski definition) is 2. The minimum Gasteiger partial charge on any atom is -0.481 e. The number of rotatable bonds is 27. The third-order valence-electron chi connectivity index (χ3n) is 6.46. The van der Waals surface area contributed by atoms with E-state index in [1.807, 2.05) is 0 Å². The van der Waals surface area contributed by atoms with Gasteiger partial charge in [0, 0.05) is 13.0 Å². The topological polar surface area (TPSA) is 57.5 Å². The second-order valence-corrected chi connectivity index (χ2v) is 9.69. The highest BCUT2D eigenvalue weighted by Gasteiger charge is 1.96. The molecule has 0 aromatic heterocycles. The number of carbonyl (C=O) groups is 1. The molecule has 0 aromatic rings. The molecule has 0 rings (SSSR count). The molecule has 0 saturated carbocycles. The van der Waals surface area contributed by atoms with Crippen LogP contribution in [-0.4, -0.2) is 22.8 Å². The summed E-state index contributed by atoms with van der Waals surface area (Å²) in [5, 5.41) is 17.3. The van der Waals surface area contributed by atoms with Gasteiger partial charge in [0.05, 0.1) is 0 Å². The maximum atomic E-state index is 10.4. The van der Waals surface area contributed by atoms with Crippen molar-refractivity contribution in [1.82, 2.24) is 0 Å². The molecule has 0 amide bonds. The Bertz CT molecular complexity index is 392. The summed E-state index contributed by atoms with van der Waals surface area (Å²) in [4.78, 5) is 10.4. The van der Waals surface area contributed by atoms with Crippen LogP contribution < -0.4 is 0 Å². The lowest BCUT2D eigenvalue weighted by Crippen LogP contribution is -1.93. The van der Waals surface area contributed by atoms with Gasteiger partial charge in [0.2, 0.25) is 0 Å². The maximum absolute atomic E-state index is 10.4. The van der Waals surface area contributed by atoms with Crippen LogP contribution in [0.25, 0.3) is 0 Å². The summed E-state index contributed by atoms with van der Waals surface area (Å²) in [6.07, 6.45) is 36.2. The van der Waals surface area contributed by atoms with E-state index < -0.39 is 5.97 Å². The lowest BCUT2D eigenvalue weighted by molar-refractivity contribution is -0.137. The predicted octanol–water partition coefficient (Wildman–Crippen LogP) is 9.37. The first kappa shape index (κ1) is 31.2. The van der Waals surface area contributed by atoms with E-state index in [1.165, 1.54) is 122 Å². The Hall–Kier alpha value is -0.830. The van der Waals surface area contributed by atoms with Crippen LogP contribution in [0.5, 0.6) is 0 Å². The van der Waals surface area contributed by atoms with Crippen LogP contribution in [0.3, 0.4) is 0 Å². The van der Waals surface area contributed by atoms with Crippen molar-refractivity contribution in [2.24, 2.45) is 0 Å². The van der Waals surface area contributed by atoms with E-state index in [9.17, 15) is 4.79 Å². The van der Waals surface area contributed by atoms with Gasteiger partial charge in [-0.25, -0.2) is 0 Å². The highest BCUT2D eigenvalue weighted by atomic mass is 16.4. The zero-order valence-corrected chi connectivity index (χ0v) is 21.3. The number of allylic oxidation sites excluding steroid dienone is 2. The summed E-state index contributed by atoms with van der Waals surface area (Å²) in [6.45, 7) is 0.362. The van der Waals surface area contributed by atoms with Crippen LogP contribution in [0.1, 0.15) is 161 Å². The first-order chi connectivity index (χ1) is 15.8. The molecular formula is C29H56O3. The van der Waals surface area contributed by atoms with E-state index in [4.69, 9.17) is 10.2 Å². The second kappa shape index (κ2) is 28.2. The molecular weight excluding hydrogens is 396 g/mol. The van der Waals surface area contributed by atoms with Crippen LogP contribution in [0.2, 0.25) is 0 Å². The van der Waals surface area contributed by atoms with Gasteiger partial charge in [-0.05, 0) is 38.5 Å². The second-order valence-electron chi connectivity index (χ2n) is 9.69. The average molecular weight is 453 g/mol. The Morgan fingerprint density at radius 1 is 0.438 bits per heavy atom. The molecule has 3 nitrogen and oxygen atoms in total. The number of hydrogen-bond acceptors (Lipinski definition) is 2. The highest BCUT2D eigenvalue weighted by molar-refractivity contribution is 5.66. The van der Waals surface area contributed by atoms with Crippen molar-refractivity contribution in [3.63, 3.8) is 0 Å². The molecule has 2 N–H and O–H groups in total. The van der Waals surface area contributed by atoms with Crippen LogP contribution in [0.15, 0.2) is 12.2 Å². The summed E-state index contributed by atoms with van der Waals surface area (Å²) in [5.74, 6) is -0.671. The molecule has 0 heterocycles. The molecule has 190 valence electrons. The molecule has 0 aliphatic carbocycles. The SMILES string of the molecule is O=C(O)CCCCCC=CCCCCCCCCCCCCCCCCCCCCCO. The number of aliphatic hydroxyl groups excluding tert-OH is 1. The third kappa shape index (κ3) is 29.2. The van der Waals surface area contributed by atoms with Gasteiger partial charge in [0.1, 0.15) is 0 Å². The molecule has 0 atom stereocenters. The molecule has 0 aromatic carbocycles. The van der Waals surface area contributed by atoms with E-state index in [1.54, 1.807) is 0 Å². The fourth-order valence-electron chi connectivity index (χ4n) is 4.33. The third-order valence-corrected chi connectivity index (χ3v) is 6.46. The Labute approximate surface area is 200 Å². The van der Waals surface area contributed by atoms with Crippen molar-refractivity contribution in [1.29, 1.82) is 0 Å². The van der Waals surface area contributed by atoms with Gasteiger partial charge < -0.3 is 10.2 Å². The zero-order chi connectivity index (χ0) is 23.4. The predicted molar refractivity (Wildman–Crippen MR) is 139 cm³/mol. The molecule has 32 heavy (non-hydrogen) atoms. The van der Waals surface area contributed by atoms with Gasteiger partial charge in [-0.2, -0.15) is 0 Å². The summed E-state index contributed by atoms with van der Waals surface area (Å²) >= 11 is 0. The van der Waals surface area contributed by atoms with Crippen molar-refractivity contribution < 1.29 is 15.0 Å². The van der Waals surface area contributed by atoms with Gasteiger partial charge in [-0.3, -0.25) is 4.79 Å². The number of unbranched alkanes of at least 4 members (excludes halogenated alkanes) is 22. The van der Waals surface area contributed by atoms with Gasteiger partial charge in [-0.15, -0.1) is 0 Å². The molecule has 0 spiro atoms. The first-order valence-corrected chi connectivity index (χ1v) is 14.2. The molecule has 0 bridgehead atoms. The van der Waals surface area contributed by atoms with Gasteiger partial charge in [0.15, 0.2) is 0 Å². The number of aliphatic hydroxyl groups is 1. The van der Waals surface area contributed by atoms with Crippen molar-refractivity contribution in [3.8, 4) is 0 Å². The largest absolute Gasteiger partial charge is 0.481 e. The number of carboxylic acids is 1. The maximum Gasteiger partial charge on any atom is 0.303 e. The smallest absolute Gasteiger partial charge is 0.303 e. The Balaban J connectivity index is 3.06. The van der Waals surface area contributed by atoms with Crippen LogP contribution in [0.4, 0.5) is 0 Å². The lowest BCUT2D eigenvalue weighted by Gasteiger charge is -2.04. The molecule has 0 aliphatic rings. The number of carboxylic acid groups (broad SMARTS) is 1. The van der Waals surface area contributed by atoms with Gasteiger partial charge in [-0.1, -0.05) is 128 Å². The average Bonchev–Trinajstić information content (AvgIpc) is 2.78. The van der Waals surface area contributed by atoms with E-state index in [0.29, 0.717) is 13.0 Å². The first-order valence-electron chi connectivity index (χ1n) is 14.2. The highest BCUT2D eigenvalue weighted by Crippen LogP contribution is 2.15. The quantitative estimate of drug-likeness (QED) is 0.0963. The van der Waals surface area contributed by atoms with Crippen molar-refractivity contribution in [3.05, 3.63) is 12.2 Å². The summed E-state index contributed by atoms with van der Waals surface area (Å²) in [5.41, 5.74) is 0. The minimum absolute atomic E-state index is 0.318. The molecule has 0 radical (unpaired) electrons. The Kier molecular flexibility index (Phi) is 27.5. The van der Waals surface area contributed by atoms with Crippen LogP contribution in [0, 0.1) is 0 Å². The molecule has 3 heteroatoms. The van der Waals surface area contributed by atoms with Crippen molar-refractivity contribution >= 4 is 5.97 Å². The van der Waals surface area contributed by atoms with Gasteiger partial charge >= 0.3 is 5.97 Å². The lowest BCUT2D eigenvalue weighted by atomic mass is 10.0. The van der Waals surface area contributed by atoms with E-state index in [2.05, 4.69) is 12.2 Å². The van der Waals surface area contributed by atoms with Crippen molar-refractivity contribution in [2.75, 3.05) is 6.61 Å². The fraction of sp³-hybridized carbons (Fsp3) is 0.897. The minimum atomic E-state index is -0.671. The molecule has 0 saturated heterocycles. The fourth-order valence-corrected chi connectivity index (χ4v) is 4.33. The molecule has 0 fully saturated rings. The van der Waals surface area contributed by atoms with Gasteiger partial charge in [0.25, 0.3) is 0 Å². The van der Waals surface area contributed by atoms with Crippen LogP contribution >= 0.6 is 0 Å². The Morgan fingerprint density at radius 2 is 0.719 bits per heavy atom. The molecule has 0 unspecified atom stereocenters. The summed E-state index contributed by atoms with van der Waals surface area (Å²) in [6, 6.07) is 0. The molecule has 0 aliphatic heterocycles. The van der Waals surface area contributed by atoms with E-state index >= 15 is 0 Å². The van der Waals surface area contributed by atoms with E-state index in [-0.39, 0.29) is 0 Å². The number of aliphatic carboxylic acids is 1. The Morgan fingerprint density at radius 3 is 1.03 bits per heavy atom. The van der Waals surface area contributed by atoms with Crippen molar-refractivity contribution in [2.45, 2.75) is 161 Å². The standard InChI is InChI=1S/C29H56O3/c30-28-26-24-22-20-18-16-14-12-10-8-6-4-2-1-3-5-7-9-11-13-15-17-19-21-23-25-27-29(31)32/h15,17,30H,1-14,16,18-28H2,(H,31,32). The summed E-state index contributed by atoms with van der Waals surface area (Å²) in [7, 11) is 0. The monoisotopic (exact) mass is 452 g/mol. The zero-order valence-electron chi connectivity index (χ0n) is 21.3. The summed E-state index contributed by atoms with van der Waals surface area (Å²) < 4.78 is 0. The normalized spacial score (nSPS) is 11.5. The van der Waals surface area contributed by atoms with Crippen LogP contribution in [-0.2, 0) is 4.79 Å². The van der Waals surface area contributed by atoms with E-state index in [0.717, 1.165) is 32.1 Å².